The molecule has 2 aromatic carbocycles. The van der Waals surface area contributed by atoms with E-state index in [9.17, 15) is 19.8 Å². The first kappa shape index (κ1) is 31.4. The molecule has 0 radical (unpaired) electrons. The summed E-state index contributed by atoms with van der Waals surface area (Å²) in [6.07, 6.45) is -2.78. The largest absolute Gasteiger partial charge is 0.368 e. The molecule has 0 aromatic heterocycles. The molecule has 2 aromatic rings. The second-order valence-electron chi connectivity index (χ2n) is 10.5. The third-order valence-corrected chi connectivity index (χ3v) is 6.98. The lowest BCUT2D eigenvalue weighted by atomic mass is 9.96. The van der Waals surface area contributed by atoms with Crippen LogP contribution in [0.1, 0.15) is 56.1 Å². The van der Waals surface area contributed by atoms with Gasteiger partial charge in [-0.05, 0) is 11.1 Å². The average Bonchev–Trinajstić information content (AvgIpc) is 2.94. The van der Waals surface area contributed by atoms with E-state index in [4.69, 9.17) is 28.4 Å². The number of aliphatic hydroxyl groups is 2. The molecule has 0 spiro atoms. The van der Waals surface area contributed by atoms with Gasteiger partial charge in [0.25, 0.3) is 0 Å². The highest BCUT2D eigenvalue weighted by Gasteiger charge is 2.33. The van der Waals surface area contributed by atoms with E-state index in [0.29, 0.717) is 26.1 Å². The summed E-state index contributed by atoms with van der Waals surface area (Å²) >= 11 is 0. The number of carbonyl (C=O) groups excluding carboxylic acids is 2. The van der Waals surface area contributed by atoms with Crippen molar-refractivity contribution in [3.05, 3.63) is 71.8 Å². The van der Waals surface area contributed by atoms with Crippen LogP contribution in [0.3, 0.4) is 0 Å². The van der Waals surface area contributed by atoms with Gasteiger partial charge in [0.05, 0.1) is 44.1 Å². The topological polar surface area (TPSA) is 130 Å². The predicted molar refractivity (Wildman–Crippen MR) is 146 cm³/mol. The summed E-state index contributed by atoms with van der Waals surface area (Å²) in [5.41, 5.74) is 2.06. The van der Waals surface area contributed by atoms with Crippen LogP contribution >= 0.6 is 0 Å². The van der Waals surface area contributed by atoms with Crippen LogP contribution in [0.15, 0.2) is 60.7 Å². The van der Waals surface area contributed by atoms with E-state index in [-0.39, 0.29) is 69.5 Å². The van der Waals surface area contributed by atoms with Crippen molar-refractivity contribution in [3.8, 4) is 0 Å². The quantitative estimate of drug-likeness (QED) is 0.175. The first-order valence-electron chi connectivity index (χ1n) is 14.1. The Balaban J connectivity index is 1.12. The zero-order valence-corrected chi connectivity index (χ0v) is 23.2. The van der Waals surface area contributed by atoms with E-state index in [2.05, 4.69) is 0 Å². The third-order valence-electron chi connectivity index (χ3n) is 6.98. The Kier molecular flexibility index (Phi) is 12.9. The molecule has 2 aliphatic heterocycles. The summed E-state index contributed by atoms with van der Waals surface area (Å²) in [5, 5.41) is 20.2. The minimum Gasteiger partial charge on any atom is -0.368 e. The first-order valence-corrected chi connectivity index (χ1v) is 14.1. The van der Waals surface area contributed by atoms with Crippen molar-refractivity contribution in [2.24, 2.45) is 0 Å². The van der Waals surface area contributed by atoms with E-state index >= 15 is 0 Å². The van der Waals surface area contributed by atoms with Crippen LogP contribution in [0.5, 0.6) is 0 Å². The zero-order chi connectivity index (χ0) is 28.9. The van der Waals surface area contributed by atoms with Crippen molar-refractivity contribution in [1.29, 1.82) is 0 Å². The Morgan fingerprint density at radius 2 is 1.07 bits per heavy atom. The molecule has 0 bridgehead atoms. The summed E-state index contributed by atoms with van der Waals surface area (Å²) < 4.78 is 33.6. The van der Waals surface area contributed by atoms with E-state index in [1.807, 2.05) is 60.7 Å². The van der Waals surface area contributed by atoms with Gasteiger partial charge in [-0.25, -0.2) is 0 Å². The molecule has 2 unspecified atom stereocenters. The van der Waals surface area contributed by atoms with Gasteiger partial charge in [0.15, 0.2) is 12.6 Å². The first-order chi connectivity index (χ1) is 19.9. The molecule has 2 fully saturated rings. The van der Waals surface area contributed by atoms with E-state index < -0.39 is 24.8 Å². The van der Waals surface area contributed by atoms with Gasteiger partial charge in [0.1, 0.15) is 25.2 Å². The van der Waals surface area contributed by atoms with Crippen LogP contribution < -0.4 is 0 Å². The standard InChI is InChI=1S/C31H40O10/c32-24(12-28-14-26(16-30(34)40-28)38-20-36-18-22-7-3-1-4-8-22)11-25(33)13-29-15-27(17-31(35)41-29)39-21-37-19-23-9-5-2-6-10-23/h1-10,26-31,34-35H,11-21H2/t26-,27-,28+,29+,30?,31?/m0/s1. The smallest absolute Gasteiger partial charge is 0.157 e. The van der Waals surface area contributed by atoms with Gasteiger partial charge in [-0.3, -0.25) is 9.59 Å². The van der Waals surface area contributed by atoms with E-state index in [1.165, 1.54) is 0 Å². The highest BCUT2D eigenvalue weighted by Crippen LogP contribution is 2.26. The van der Waals surface area contributed by atoms with Gasteiger partial charge in [-0.2, -0.15) is 0 Å². The van der Waals surface area contributed by atoms with Crippen LogP contribution in [0, 0.1) is 0 Å². The van der Waals surface area contributed by atoms with Crippen LogP contribution in [-0.4, -0.2) is 72.4 Å². The van der Waals surface area contributed by atoms with Gasteiger partial charge in [0.2, 0.25) is 0 Å². The van der Waals surface area contributed by atoms with Gasteiger partial charge in [-0.1, -0.05) is 60.7 Å². The number of carbonyl (C=O) groups is 2. The number of hydrogen-bond acceptors (Lipinski definition) is 10. The fourth-order valence-corrected chi connectivity index (χ4v) is 5.06. The molecular weight excluding hydrogens is 532 g/mol. The van der Waals surface area contributed by atoms with Crippen molar-refractivity contribution < 1.29 is 48.2 Å². The Morgan fingerprint density at radius 3 is 1.49 bits per heavy atom. The average molecular weight is 573 g/mol. The lowest BCUT2D eigenvalue weighted by Crippen LogP contribution is -2.39. The lowest BCUT2D eigenvalue weighted by Gasteiger charge is -2.33. The molecule has 0 aliphatic carbocycles. The second-order valence-corrected chi connectivity index (χ2v) is 10.5. The summed E-state index contributed by atoms with van der Waals surface area (Å²) in [5.74, 6) is -0.571. The van der Waals surface area contributed by atoms with Gasteiger partial charge in [-0.15, -0.1) is 0 Å². The number of ketones is 2. The maximum atomic E-state index is 12.6. The predicted octanol–water partition coefficient (Wildman–Crippen LogP) is 3.41. The molecular formula is C31H40O10. The SMILES string of the molecule is O=C(CC(=O)C[C@@H]1C[C@H](OCOCc2ccccc2)CC(O)O1)C[C@@H]1C[C@H](OCOCc2ccccc2)CC(O)O1. The fraction of sp³-hybridized carbons (Fsp3) is 0.548. The van der Waals surface area contributed by atoms with Crippen molar-refractivity contribution in [1.82, 2.24) is 0 Å². The van der Waals surface area contributed by atoms with E-state index in [0.717, 1.165) is 11.1 Å². The summed E-state index contributed by atoms with van der Waals surface area (Å²) in [4.78, 5) is 25.3. The molecule has 4 rings (SSSR count). The molecule has 10 nitrogen and oxygen atoms in total. The Bertz CT molecular complexity index is 966. The van der Waals surface area contributed by atoms with Crippen molar-refractivity contribution in [2.75, 3.05) is 13.6 Å². The maximum absolute atomic E-state index is 12.6. The molecule has 0 amide bonds. The summed E-state index contributed by atoms with van der Waals surface area (Å²) in [7, 11) is 0. The zero-order valence-electron chi connectivity index (χ0n) is 23.2. The Morgan fingerprint density at radius 1 is 0.659 bits per heavy atom. The number of aliphatic hydroxyl groups excluding tert-OH is 2. The minimum atomic E-state index is -1.05. The maximum Gasteiger partial charge on any atom is 0.157 e. The minimum absolute atomic E-state index is 0.00777. The van der Waals surface area contributed by atoms with Crippen LogP contribution in [0.25, 0.3) is 0 Å². The number of benzene rings is 2. The van der Waals surface area contributed by atoms with Crippen molar-refractivity contribution in [2.45, 2.75) is 95.2 Å². The van der Waals surface area contributed by atoms with Crippen molar-refractivity contribution >= 4 is 11.6 Å². The summed E-state index contributed by atoms with van der Waals surface area (Å²) in [6, 6.07) is 19.4. The normalized spacial score (nSPS) is 26.5. The van der Waals surface area contributed by atoms with Crippen LogP contribution in [0.2, 0.25) is 0 Å². The molecule has 2 saturated heterocycles. The molecule has 6 atom stereocenters. The van der Waals surface area contributed by atoms with Gasteiger partial charge >= 0.3 is 0 Å². The number of Topliss-reactive ketones (excluding diaryl/α,β-unsaturated/α-hetero) is 2. The second kappa shape index (κ2) is 16.8. The fourth-order valence-electron chi connectivity index (χ4n) is 5.06. The molecule has 41 heavy (non-hydrogen) atoms. The molecule has 10 heteroatoms. The lowest BCUT2D eigenvalue weighted by molar-refractivity contribution is -0.213. The third kappa shape index (κ3) is 11.7. The van der Waals surface area contributed by atoms with Gasteiger partial charge in [0, 0.05) is 38.5 Å². The number of ether oxygens (including phenoxy) is 6. The molecule has 224 valence electrons. The van der Waals surface area contributed by atoms with Crippen molar-refractivity contribution in [3.63, 3.8) is 0 Å². The Labute approximate surface area is 240 Å². The molecule has 2 aliphatic rings. The summed E-state index contributed by atoms with van der Waals surface area (Å²) in [6.45, 7) is 0.936. The highest BCUT2D eigenvalue weighted by molar-refractivity contribution is 5.99. The van der Waals surface area contributed by atoms with Gasteiger partial charge < -0.3 is 38.6 Å². The molecule has 2 N–H and O–H groups in total. The molecule has 0 saturated carbocycles. The monoisotopic (exact) mass is 572 g/mol. The number of rotatable bonds is 16. The Hall–Kier alpha value is -2.54. The molecule has 2 heterocycles. The highest BCUT2D eigenvalue weighted by atomic mass is 16.7. The van der Waals surface area contributed by atoms with E-state index in [1.54, 1.807) is 0 Å². The van der Waals surface area contributed by atoms with Crippen LogP contribution in [-0.2, 0) is 51.2 Å². The van der Waals surface area contributed by atoms with Crippen LogP contribution in [0.4, 0.5) is 0 Å². The number of hydrogen-bond donors (Lipinski definition) is 2.